The zero-order valence-corrected chi connectivity index (χ0v) is 13.4. The van der Waals surface area contributed by atoms with Crippen LogP contribution in [0.4, 0.5) is 5.82 Å². The van der Waals surface area contributed by atoms with Crippen molar-refractivity contribution >= 4 is 46.1 Å². The molecule has 5 heteroatoms. The van der Waals surface area contributed by atoms with Crippen LogP contribution in [0.15, 0.2) is 47.5 Å². The Balaban J connectivity index is 1.84. The zero-order valence-electron chi connectivity index (χ0n) is 10.4. The summed E-state index contributed by atoms with van der Waals surface area (Å²) >= 11 is 3.70. The molecular weight excluding hydrogens is 371 g/mol. The van der Waals surface area contributed by atoms with E-state index in [9.17, 15) is 4.79 Å². The minimum Gasteiger partial charge on any atom is -0.310 e. The van der Waals surface area contributed by atoms with Crippen LogP contribution in [0.3, 0.4) is 0 Å². The number of anilines is 1. The van der Waals surface area contributed by atoms with Gasteiger partial charge >= 0.3 is 0 Å². The molecular formula is C14H13IN2OS. The second-order valence-corrected chi connectivity index (χ2v) is 6.31. The number of halogens is 1. The number of hydrogen-bond acceptors (Lipinski definition) is 3. The van der Waals surface area contributed by atoms with Crippen molar-refractivity contribution < 1.29 is 4.79 Å². The van der Waals surface area contributed by atoms with Gasteiger partial charge in [-0.05, 0) is 53.8 Å². The first-order chi connectivity index (χ1) is 9.13. The molecule has 2 aromatic rings. The number of amides is 1. The number of thioether (sulfide) groups is 1. The highest BCUT2D eigenvalue weighted by atomic mass is 127. The van der Waals surface area contributed by atoms with E-state index in [1.54, 1.807) is 12.3 Å². The molecule has 0 aliphatic heterocycles. The molecule has 0 atom stereocenters. The smallest absolute Gasteiger partial charge is 0.235 e. The quantitative estimate of drug-likeness (QED) is 0.645. The number of aryl methyl sites for hydroxylation is 1. The summed E-state index contributed by atoms with van der Waals surface area (Å²) in [7, 11) is 0. The van der Waals surface area contributed by atoms with Crippen LogP contribution in [0.5, 0.6) is 0 Å². The maximum atomic E-state index is 11.8. The first kappa shape index (κ1) is 14.3. The minimum absolute atomic E-state index is 0.0423. The van der Waals surface area contributed by atoms with Crippen LogP contribution in [0, 0.1) is 10.5 Å². The van der Waals surface area contributed by atoms with Crippen molar-refractivity contribution in [2.45, 2.75) is 11.8 Å². The molecule has 0 bridgehead atoms. The van der Waals surface area contributed by atoms with E-state index >= 15 is 0 Å². The maximum absolute atomic E-state index is 11.8. The van der Waals surface area contributed by atoms with Gasteiger partial charge in [-0.1, -0.05) is 17.7 Å². The summed E-state index contributed by atoms with van der Waals surface area (Å²) in [5, 5.41) is 2.78. The van der Waals surface area contributed by atoms with E-state index in [2.05, 4.69) is 32.9 Å². The summed E-state index contributed by atoms with van der Waals surface area (Å²) in [6.45, 7) is 2.05. The summed E-state index contributed by atoms with van der Waals surface area (Å²) in [6, 6.07) is 11.8. The first-order valence-corrected chi connectivity index (χ1v) is 7.81. The molecule has 0 aliphatic rings. The van der Waals surface area contributed by atoms with Gasteiger partial charge in [0.15, 0.2) is 0 Å². The molecule has 0 radical (unpaired) electrons. The van der Waals surface area contributed by atoms with Crippen LogP contribution in [-0.2, 0) is 4.79 Å². The van der Waals surface area contributed by atoms with Crippen LogP contribution in [0.25, 0.3) is 0 Å². The molecule has 1 heterocycles. The Bertz CT molecular complexity index is 555. The molecule has 2 rings (SSSR count). The Morgan fingerprint density at radius 2 is 2.00 bits per heavy atom. The number of hydrogen-bond donors (Lipinski definition) is 1. The number of nitrogens with zero attached hydrogens (tertiary/aromatic N) is 1. The van der Waals surface area contributed by atoms with Crippen molar-refractivity contribution in [3.05, 3.63) is 51.7 Å². The third kappa shape index (κ3) is 4.83. The molecule has 1 aromatic heterocycles. The second kappa shape index (κ2) is 6.91. The predicted molar refractivity (Wildman–Crippen MR) is 87.5 cm³/mol. The Morgan fingerprint density at radius 1 is 1.26 bits per heavy atom. The standard InChI is InChI=1S/C14H13IN2OS/c1-10-2-5-12(6-3-10)19-9-14(18)17-13-7-4-11(15)8-16-13/h2-8H,9H2,1H3,(H,16,17,18). The molecule has 3 nitrogen and oxygen atoms in total. The molecule has 0 saturated carbocycles. The van der Waals surface area contributed by atoms with Gasteiger partial charge in [0.05, 0.1) is 5.75 Å². The number of pyridine rings is 1. The highest BCUT2D eigenvalue weighted by molar-refractivity contribution is 14.1. The maximum Gasteiger partial charge on any atom is 0.235 e. The van der Waals surface area contributed by atoms with Crippen molar-refractivity contribution in [3.63, 3.8) is 0 Å². The fraction of sp³-hybridized carbons (Fsp3) is 0.143. The fourth-order valence-electron chi connectivity index (χ4n) is 1.41. The second-order valence-electron chi connectivity index (χ2n) is 4.01. The van der Waals surface area contributed by atoms with E-state index in [1.807, 2.05) is 37.3 Å². The number of carbonyl (C=O) groups is 1. The van der Waals surface area contributed by atoms with Crippen LogP contribution in [-0.4, -0.2) is 16.6 Å². The lowest BCUT2D eigenvalue weighted by Gasteiger charge is -2.04. The monoisotopic (exact) mass is 384 g/mol. The summed E-state index contributed by atoms with van der Waals surface area (Å²) in [4.78, 5) is 17.0. The number of rotatable bonds is 4. The van der Waals surface area contributed by atoms with Crippen LogP contribution in [0.2, 0.25) is 0 Å². The third-order valence-electron chi connectivity index (χ3n) is 2.39. The normalized spacial score (nSPS) is 10.2. The van der Waals surface area contributed by atoms with E-state index in [0.717, 1.165) is 8.47 Å². The fourth-order valence-corrected chi connectivity index (χ4v) is 2.43. The summed E-state index contributed by atoms with van der Waals surface area (Å²) in [5.41, 5.74) is 1.22. The molecule has 0 fully saturated rings. The van der Waals surface area contributed by atoms with Crippen molar-refractivity contribution in [1.82, 2.24) is 4.98 Å². The highest BCUT2D eigenvalue weighted by Crippen LogP contribution is 2.18. The van der Waals surface area contributed by atoms with Gasteiger partial charge in [0, 0.05) is 14.7 Å². The van der Waals surface area contributed by atoms with E-state index in [0.29, 0.717) is 11.6 Å². The molecule has 98 valence electrons. The lowest BCUT2D eigenvalue weighted by Crippen LogP contribution is -2.14. The van der Waals surface area contributed by atoms with Crippen molar-refractivity contribution in [2.24, 2.45) is 0 Å². The van der Waals surface area contributed by atoms with Gasteiger partial charge < -0.3 is 5.32 Å². The van der Waals surface area contributed by atoms with Gasteiger partial charge in [0.2, 0.25) is 5.91 Å². The van der Waals surface area contributed by atoms with Crippen LogP contribution < -0.4 is 5.32 Å². The first-order valence-electron chi connectivity index (χ1n) is 5.74. The molecule has 19 heavy (non-hydrogen) atoms. The zero-order chi connectivity index (χ0) is 13.7. The Hall–Kier alpha value is -1.08. The number of carbonyl (C=O) groups excluding carboxylic acids is 1. The van der Waals surface area contributed by atoms with Crippen molar-refractivity contribution in [2.75, 3.05) is 11.1 Å². The summed E-state index contributed by atoms with van der Waals surface area (Å²) in [6.07, 6.45) is 1.73. The number of benzene rings is 1. The molecule has 0 aliphatic carbocycles. The predicted octanol–water partition coefficient (Wildman–Crippen LogP) is 3.73. The largest absolute Gasteiger partial charge is 0.310 e. The minimum atomic E-state index is -0.0423. The topological polar surface area (TPSA) is 42.0 Å². The van der Waals surface area contributed by atoms with Gasteiger partial charge in [-0.25, -0.2) is 4.98 Å². The van der Waals surface area contributed by atoms with Gasteiger partial charge in [-0.2, -0.15) is 0 Å². The highest BCUT2D eigenvalue weighted by Gasteiger charge is 2.04. The van der Waals surface area contributed by atoms with Gasteiger partial charge in [-0.15, -0.1) is 11.8 Å². The Kier molecular flexibility index (Phi) is 5.21. The van der Waals surface area contributed by atoms with Crippen LogP contribution >= 0.6 is 34.4 Å². The Labute approximate surface area is 130 Å². The molecule has 1 amide bonds. The third-order valence-corrected chi connectivity index (χ3v) is 4.04. The van der Waals surface area contributed by atoms with E-state index in [-0.39, 0.29) is 5.91 Å². The van der Waals surface area contributed by atoms with Gasteiger partial charge in [0.25, 0.3) is 0 Å². The number of nitrogens with one attached hydrogen (secondary N) is 1. The van der Waals surface area contributed by atoms with Crippen molar-refractivity contribution in [1.29, 1.82) is 0 Å². The van der Waals surface area contributed by atoms with Crippen molar-refractivity contribution in [3.8, 4) is 0 Å². The number of aromatic nitrogens is 1. The average molecular weight is 384 g/mol. The van der Waals surface area contributed by atoms with E-state index in [4.69, 9.17) is 0 Å². The lowest BCUT2D eigenvalue weighted by molar-refractivity contribution is -0.113. The summed E-state index contributed by atoms with van der Waals surface area (Å²) < 4.78 is 1.05. The van der Waals surface area contributed by atoms with Crippen LogP contribution in [0.1, 0.15) is 5.56 Å². The Morgan fingerprint density at radius 3 is 2.63 bits per heavy atom. The molecule has 0 unspecified atom stereocenters. The van der Waals surface area contributed by atoms with Gasteiger partial charge in [0.1, 0.15) is 5.82 Å². The molecule has 1 N–H and O–H groups in total. The average Bonchev–Trinajstić information content (AvgIpc) is 2.41. The van der Waals surface area contributed by atoms with E-state index < -0.39 is 0 Å². The van der Waals surface area contributed by atoms with Gasteiger partial charge in [-0.3, -0.25) is 4.79 Å². The lowest BCUT2D eigenvalue weighted by atomic mass is 10.2. The molecule has 0 saturated heterocycles. The molecule has 0 spiro atoms. The SMILES string of the molecule is Cc1ccc(SCC(=O)Nc2ccc(I)cn2)cc1. The summed E-state index contributed by atoms with van der Waals surface area (Å²) in [5.74, 6) is 0.936. The van der Waals surface area contributed by atoms with E-state index in [1.165, 1.54) is 17.3 Å². The molecule has 1 aromatic carbocycles.